The summed E-state index contributed by atoms with van der Waals surface area (Å²) in [4.78, 5) is 5.89. The fourth-order valence-electron chi connectivity index (χ4n) is 3.67. The molecule has 1 saturated carbocycles. The second kappa shape index (κ2) is 10.1. The molecule has 162 valence electrons. The molecule has 2 N–H and O–H groups in total. The van der Waals surface area contributed by atoms with Gasteiger partial charge in [0.25, 0.3) is 0 Å². The summed E-state index contributed by atoms with van der Waals surface area (Å²) in [6.45, 7) is 4.05. The number of nitrogens with zero attached hydrogens (tertiary/aromatic N) is 1. The smallest absolute Gasteiger partial charge is 0.123 e. The highest BCUT2D eigenvalue weighted by Crippen LogP contribution is 2.42. The van der Waals surface area contributed by atoms with E-state index < -0.39 is 6.04 Å². The molecule has 1 aliphatic rings. The Hall–Kier alpha value is -2.03. The van der Waals surface area contributed by atoms with E-state index in [4.69, 9.17) is 27.1 Å². The lowest BCUT2D eigenvalue weighted by Crippen LogP contribution is -2.08. The fourth-order valence-corrected chi connectivity index (χ4v) is 4.80. The predicted molar refractivity (Wildman–Crippen MR) is 132 cm³/mol. The van der Waals surface area contributed by atoms with Crippen LogP contribution in [0.5, 0.6) is 5.75 Å². The van der Waals surface area contributed by atoms with Crippen LogP contribution in [0, 0.1) is 31.6 Å². The maximum absolute atomic E-state index is 6.51. The molecule has 0 aliphatic heterocycles. The topological polar surface area (TPSA) is 48.1 Å². The monoisotopic (exact) mass is 472 g/mol. The van der Waals surface area contributed by atoms with Gasteiger partial charge in [-0.2, -0.15) is 0 Å². The number of hydrogen-bond donors (Lipinski definition) is 1. The predicted octanol–water partition coefficient (Wildman–Crippen LogP) is 6.71. The minimum Gasteiger partial charge on any atom is -0.496 e. The van der Waals surface area contributed by atoms with Gasteiger partial charge in [0, 0.05) is 16.4 Å². The van der Waals surface area contributed by atoms with Crippen LogP contribution in [0.25, 0.3) is 11.3 Å². The normalized spacial score (nSPS) is 14.7. The van der Waals surface area contributed by atoms with Crippen LogP contribution in [-0.2, 0) is 0 Å². The van der Waals surface area contributed by atoms with E-state index in [1.807, 2.05) is 32.0 Å². The molecular weight excluding hydrogens is 447 g/mol. The van der Waals surface area contributed by atoms with E-state index in [2.05, 4.69) is 36.1 Å². The van der Waals surface area contributed by atoms with E-state index in [0.29, 0.717) is 10.9 Å². The molecule has 0 spiro atoms. The van der Waals surface area contributed by atoms with E-state index in [1.54, 1.807) is 18.4 Å². The van der Waals surface area contributed by atoms with Gasteiger partial charge in [-0.15, -0.1) is 23.7 Å². The molecular formula is C25H26Cl2N2OS. The number of ether oxygens (including phenoxy) is 1. The molecule has 1 aromatic heterocycles. The van der Waals surface area contributed by atoms with Crippen molar-refractivity contribution in [3.8, 4) is 28.8 Å². The quantitative estimate of drug-likeness (QED) is 0.419. The molecule has 1 fully saturated rings. The Morgan fingerprint density at radius 1 is 1.16 bits per heavy atom. The van der Waals surface area contributed by atoms with E-state index in [9.17, 15) is 0 Å². The van der Waals surface area contributed by atoms with E-state index in [-0.39, 0.29) is 18.3 Å². The maximum Gasteiger partial charge on any atom is 0.123 e. The number of aryl methyl sites for hydroxylation is 2. The summed E-state index contributed by atoms with van der Waals surface area (Å²) in [7, 11) is 1.65. The molecule has 4 rings (SSSR count). The summed E-state index contributed by atoms with van der Waals surface area (Å²) in [5, 5.41) is 1.44. The largest absolute Gasteiger partial charge is 0.496 e. The van der Waals surface area contributed by atoms with Crippen molar-refractivity contribution in [2.75, 3.05) is 7.11 Å². The lowest BCUT2D eigenvalue weighted by atomic mass is 9.94. The summed E-state index contributed by atoms with van der Waals surface area (Å²) in [5.74, 6) is 8.38. The molecule has 0 bridgehead atoms. The van der Waals surface area contributed by atoms with Gasteiger partial charge < -0.3 is 10.5 Å². The van der Waals surface area contributed by atoms with Crippen molar-refractivity contribution in [3.63, 3.8) is 0 Å². The first-order valence-corrected chi connectivity index (χ1v) is 11.3. The Morgan fingerprint density at radius 2 is 1.87 bits per heavy atom. The third kappa shape index (κ3) is 5.25. The number of hydrogen-bond acceptors (Lipinski definition) is 4. The molecule has 0 amide bonds. The summed E-state index contributed by atoms with van der Waals surface area (Å²) >= 11 is 8.10. The minimum atomic E-state index is -0.412. The third-order valence-electron chi connectivity index (χ3n) is 5.47. The van der Waals surface area contributed by atoms with Crippen LogP contribution in [-0.4, -0.2) is 12.1 Å². The average molecular weight is 473 g/mol. The van der Waals surface area contributed by atoms with Crippen LogP contribution in [0.4, 0.5) is 0 Å². The highest BCUT2D eigenvalue weighted by molar-refractivity contribution is 7.12. The number of benzene rings is 2. The van der Waals surface area contributed by atoms with Crippen LogP contribution >= 0.6 is 35.3 Å². The Morgan fingerprint density at radius 3 is 2.52 bits per heavy atom. The van der Waals surface area contributed by atoms with Crippen molar-refractivity contribution >= 4 is 35.3 Å². The van der Waals surface area contributed by atoms with Crippen molar-refractivity contribution in [2.45, 2.75) is 38.6 Å². The summed E-state index contributed by atoms with van der Waals surface area (Å²) in [6, 6.07) is 13.9. The molecule has 6 heteroatoms. The first-order chi connectivity index (χ1) is 14.5. The molecule has 31 heavy (non-hydrogen) atoms. The number of methoxy groups -OCH3 is 1. The highest BCUT2D eigenvalue weighted by atomic mass is 35.5. The fraction of sp³-hybridized carbons (Fsp3) is 0.320. The van der Waals surface area contributed by atoms with Gasteiger partial charge in [-0.25, -0.2) is 4.98 Å². The molecule has 2 atom stereocenters. The van der Waals surface area contributed by atoms with Gasteiger partial charge >= 0.3 is 0 Å². The lowest BCUT2D eigenvalue weighted by Gasteiger charge is -2.10. The zero-order chi connectivity index (χ0) is 21.3. The van der Waals surface area contributed by atoms with E-state index in [0.717, 1.165) is 32.5 Å². The van der Waals surface area contributed by atoms with Gasteiger partial charge in [-0.05, 0) is 55.9 Å². The molecule has 1 aliphatic carbocycles. The Kier molecular flexibility index (Phi) is 7.67. The molecule has 3 nitrogen and oxygen atoms in total. The van der Waals surface area contributed by atoms with E-state index >= 15 is 0 Å². The van der Waals surface area contributed by atoms with Crippen molar-refractivity contribution in [3.05, 3.63) is 68.5 Å². The number of thiazole rings is 1. The van der Waals surface area contributed by atoms with Crippen molar-refractivity contribution in [1.29, 1.82) is 0 Å². The Bertz CT molecular complexity index is 1110. The number of aromatic nitrogens is 1. The number of nitrogens with two attached hydrogens (primary N) is 1. The zero-order valence-electron chi connectivity index (χ0n) is 17.8. The molecule has 0 saturated heterocycles. The second-order valence-electron chi connectivity index (χ2n) is 7.75. The van der Waals surface area contributed by atoms with Gasteiger partial charge in [0.15, 0.2) is 0 Å². The first kappa shape index (κ1) is 23.6. The van der Waals surface area contributed by atoms with Crippen LogP contribution in [0.2, 0.25) is 5.02 Å². The molecule has 1 heterocycles. The first-order valence-electron chi connectivity index (χ1n) is 10.1. The Balaban J connectivity index is 0.00000272. The Labute approximate surface area is 199 Å². The summed E-state index contributed by atoms with van der Waals surface area (Å²) in [5.41, 5.74) is 10.5. The van der Waals surface area contributed by atoms with Gasteiger partial charge in [0.2, 0.25) is 0 Å². The van der Waals surface area contributed by atoms with Gasteiger partial charge in [-0.1, -0.05) is 53.8 Å². The lowest BCUT2D eigenvalue weighted by molar-refractivity contribution is 0.412. The molecule has 0 radical (unpaired) electrons. The van der Waals surface area contributed by atoms with Crippen molar-refractivity contribution in [2.24, 2.45) is 11.7 Å². The van der Waals surface area contributed by atoms with Gasteiger partial charge in [0.1, 0.15) is 16.8 Å². The average Bonchev–Trinajstić information content (AvgIpc) is 3.51. The third-order valence-corrected chi connectivity index (χ3v) is 6.83. The van der Waals surface area contributed by atoms with Crippen LogP contribution in [0.1, 0.15) is 45.8 Å². The van der Waals surface area contributed by atoms with Gasteiger partial charge in [0.05, 0.1) is 17.8 Å². The van der Waals surface area contributed by atoms with Crippen molar-refractivity contribution in [1.82, 2.24) is 4.98 Å². The number of rotatable bonds is 5. The molecule has 1 unspecified atom stereocenters. The van der Waals surface area contributed by atoms with Crippen LogP contribution in [0.3, 0.4) is 0 Å². The summed E-state index contributed by atoms with van der Waals surface area (Å²) < 4.78 is 5.36. The second-order valence-corrected chi connectivity index (χ2v) is 9.39. The SMILES string of the molecule is COc1cc(Cl)c(-c2nc(C(N)C#C[C@H](c3ccccc3)C3CC3)sc2C)cc1C.Cl. The molecule has 3 aromatic rings. The van der Waals surface area contributed by atoms with Crippen molar-refractivity contribution < 1.29 is 4.74 Å². The van der Waals surface area contributed by atoms with E-state index in [1.165, 1.54) is 18.4 Å². The maximum atomic E-state index is 6.51. The standard InChI is InChI=1S/C25H25ClN2OS.ClH/c1-15-13-20(21(26)14-23(15)29-3)24-16(2)30-25(28-24)22(27)12-11-19(18-9-10-18)17-7-5-4-6-8-17;/h4-8,13-14,18-19,22H,9-10,27H2,1-3H3;1H/t19-,22?;/m1./s1. The van der Waals surface area contributed by atoms with Gasteiger partial charge in [-0.3, -0.25) is 0 Å². The number of halogens is 2. The minimum absolute atomic E-state index is 0. The zero-order valence-corrected chi connectivity index (χ0v) is 20.2. The summed E-state index contributed by atoms with van der Waals surface area (Å²) in [6.07, 6.45) is 2.47. The molecule has 2 aromatic carbocycles. The van der Waals surface area contributed by atoms with Crippen LogP contribution in [0.15, 0.2) is 42.5 Å². The van der Waals surface area contributed by atoms with Crippen LogP contribution < -0.4 is 10.5 Å². The highest BCUT2D eigenvalue weighted by Gasteiger charge is 2.31.